The summed E-state index contributed by atoms with van der Waals surface area (Å²) in [6.45, 7) is 2.43. The molecule has 0 unspecified atom stereocenters. The van der Waals surface area contributed by atoms with Gasteiger partial charge in [-0.1, -0.05) is 42.5 Å². The molecule has 0 aliphatic heterocycles. The van der Waals surface area contributed by atoms with Gasteiger partial charge in [-0.05, 0) is 36.6 Å². The summed E-state index contributed by atoms with van der Waals surface area (Å²) in [5.41, 5.74) is 1.20. The van der Waals surface area contributed by atoms with Crippen molar-refractivity contribution in [1.82, 2.24) is 0 Å². The lowest BCUT2D eigenvalue weighted by molar-refractivity contribution is 0.0988. The van der Waals surface area contributed by atoms with Gasteiger partial charge in [-0.2, -0.15) is 0 Å². The van der Waals surface area contributed by atoms with Gasteiger partial charge >= 0.3 is 0 Å². The molecule has 0 atom stereocenters. The van der Waals surface area contributed by atoms with Gasteiger partial charge in [0.05, 0.1) is 5.69 Å². The highest BCUT2D eigenvalue weighted by atomic mass is 19.1. The van der Waals surface area contributed by atoms with Gasteiger partial charge in [0.15, 0.2) is 0 Å². The molecule has 0 N–H and O–H groups in total. The van der Waals surface area contributed by atoms with E-state index in [2.05, 4.69) is 0 Å². The molecule has 0 saturated heterocycles. The topological polar surface area (TPSA) is 20.3 Å². The monoisotopic (exact) mass is 293 g/mol. The maximum Gasteiger partial charge on any atom is 0.258 e. The molecule has 0 bridgehead atoms. The third kappa shape index (κ3) is 2.58. The lowest BCUT2D eigenvalue weighted by Crippen LogP contribution is -2.30. The van der Waals surface area contributed by atoms with Crippen molar-refractivity contribution in [2.45, 2.75) is 6.92 Å². The second kappa shape index (κ2) is 5.98. The fourth-order valence-electron chi connectivity index (χ4n) is 2.64. The molecule has 0 aliphatic rings. The Morgan fingerprint density at radius 3 is 2.50 bits per heavy atom. The Kier molecular flexibility index (Phi) is 3.88. The highest BCUT2D eigenvalue weighted by Crippen LogP contribution is 2.27. The predicted molar refractivity (Wildman–Crippen MR) is 87.7 cm³/mol. The summed E-state index contributed by atoms with van der Waals surface area (Å²) in [5, 5.41) is 2.09. The molecule has 0 spiro atoms. The fraction of sp³-hybridized carbons (Fsp3) is 0.105. The van der Waals surface area contributed by atoms with Crippen LogP contribution in [-0.2, 0) is 0 Å². The number of halogens is 1. The van der Waals surface area contributed by atoms with Crippen LogP contribution in [-0.4, -0.2) is 12.5 Å². The lowest BCUT2D eigenvalue weighted by atomic mass is 10.1. The normalized spacial score (nSPS) is 10.6. The van der Waals surface area contributed by atoms with E-state index in [0.29, 0.717) is 12.1 Å². The van der Waals surface area contributed by atoms with E-state index in [1.165, 1.54) is 12.1 Å². The van der Waals surface area contributed by atoms with Crippen molar-refractivity contribution < 1.29 is 9.18 Å². The summed E-state index contributed by atoms with van der Waals surface area (Å²) in [6.07, 6.45) is 0. The zero-order chi connectivity index (χ0) is 15.5. The Morgan fingerprint density at radius 1 is 1.00 bits per heavy atom. The molecule has 3 heteroatoms. The van der Waals surface area contributed by atoms with E-state index in [1.54, 1.807) is 17.0 Å². The first-order chi connectivity index (χ1) is 10.7. The summed E-state index contributed by atoms with van der Waals surface area (Å²) < 4.78 is 13.4. The Hall–Kier alpha value is -2.68. The number of amides is 1. The average molecular weight is 293 g/mol. The minimum atomic E-state index is -0.403. The molecule has 3 aromatic rings. The Morgan fingerprint density at radius 2 is 1.73 bits per heavy atom. The van der Waals surface area contributed by atoms with Crippen LogP contribution in [0.5, 0.6) is 0 Å². The number of anilines is 1. The maximum absolute atomic E-state index is 13.4. The van der Waals surface area contributed by atoms with Crippen LogP contribution in [0.25, 0.3) is 10.8 Å². The van der Waals surface area contributed by atoms with E-state index in [1.807, 2.05) is 49.4 Å². The van der Waals surface area contributed by atoms with Gasteiger partial charge in [-0.15, -0.1) is 0 Å². The summed E-state index contributed by atoms with van der Waals surface area (Å²) >= 11 is 0. The molecule has 0 aliphatic carbocycles. The van der Waals surface area contributed by atoms with Crippen molar-refractivity contribution in [2.24, 2.45) is 0 Å². The SMILES string of the molecule is CCN(C(=O)c1cccc(F)c1)c1cccc2ccccc12. The number of nitrogens with zero attached hydrogens (tertiary/aromatic N) is 1. The standard InChI is InChI=1S/C19H16FNO/c1-2-21(19(22)15-9-5-10-16(20)13-15)18-12-6-8-14-7-3-4-11-17(14)18/h3-13H,2H2,1H3. The first-order valence-electron chi connectivity index (χ1n) is 7.26. The molecule has 22 heavy (non-hydrogen) atoms. The van der Waals surface area contributed by atoms with Crippen molar-refractivity contribution in [1.29, 1.82) is 0 Å². The zero-order valence-electron chi connectivity index (χ0n) is 12.3. The number of carbonyl (C=O) groups excluding carboxylic acids is 1. The van der Waals surface area contributed by atoms with Gasteiger partial charge in [0.2, 0.25) is 0 Å². The second-order valence-electron chi connectivity index (χ2n) is 5.06. The number of hydrogen-bond acceptors (Lipinski definition) is 1. The number of fused-ring (bicyclic) bond motifs is 1. The number of hydrogen-bond donors (Lipinski definition) is 0. The lowest BCUT2D eigenvalue weighted by Gasteiger charge is -2.23. The van der Waals surface area contributed by atoms with E-state index in [9.17, 15) is 9.18 Å². The van der Waals surface area contributed by atoms with Crippen LogP contribution in [0.3, 0.4) is 0 Å². The molecule has 0 saturated carbocycles. The predicted octanol–water partition coefficient (Wildman–Crippen LogP) is 4.65. The highest BCUT2D eigenvalue weighted by molar-refractivity contribution is 6.10. The van der Waals surface area contributed by atoms with Crippen LogP contribution in [0.4, 0.5) is 10.1 Å². The largest absolute Gasteiger partial charge is 0.308 e. The number of carbonyl (C=O) groups is 1. The second-order valence-corrected chi connectivity index (χ2v) is 5.06. The van der Waals surface area contributed by atoms with E-state index >= 15 is 0 Å². The number of benzene rings is 3. The molecule has 3 aromatic carbocycles. The van der Waals surface area contributed by atoms with Crippen LogP contribution in [0.2, 0.25) is 0 Å². The van der Waals surface area contributed by atoms with E-state index in [4.69, 9.17) is 0 Å². The summed E-state index contributed by atoms with van der Waals surface area (Å²) in [7, 11) is 0. The Balaban J connectivity index is 2.08. The van der Waals surface area contributed by atoms with Gasteiger partial charge in [-0.25, -0.2) is 4.39 Å². The summed E-state index contributed by atoms with van der Waals surface area (Å²) in [6, 6.07) is 19.6. The van der Waals surface area contributed by atoms with Crippen molar-refractivity contribution in [3.05, 3.63) is 78.1 Å². The molecule has 110 valence electrons. The third-order valence-corrected chi connectivity index (χ3v) is 3.69. The first-order valence-corrected chi connectivity index (χ1v) is 7.26. The van der Waals surface area contributed by atoms with Crippen molar-refractivity contribution in [3.8, 4) is 0 Å². The van der Waals surface area contributed by atoms with Crippen molar-refractivity contribution in [3.63, 3.8) is 0 Å². The fourth-order valence-corrected chi connectivity index (χ4v) is 2.64. The van der Waals surface area contributed by atoms with Crippen LogP contribution < -0.4 is 4.90 Å². The third-order valence-electron chi connectivity index (χ3n) is 3.69. The maximum atomic E-state index is 13.4. The smallest absolute Gasteiger partial charge is 0.258 e. The molecule has 1 amide bonds. The Labute approximate surface area is 128 Å². The van der Waals surface area contributed by atoms with Gasteiger partial charge in [-0.3, -0.25) is 4.79 Å². The summed E-state index contributed by atoms with van der Waals surface area (Å²) in [5.74, 6) is -0.599. The molecule has 0 aromatic heterocycles. The van der Waals surface area contributed by atoms with Crippen LogP contribution in [0.15, 0.2) is 66.7 Å². The van der Waals surface area contributed by atoms with E-state index < -0.39 is 5.82 Å². The Bertz CT molecular complexity index is 823. The van der Waals surface area contributed by atoms with Gasteiger partial charge in [0, 0.05) is 17.5 Å². The van der Waals surface area contributed by atoms with Gasteiger partial charge in [0.25, 0.3) is 5.91 Å². The molecule has 3 rings (SSSR count). The van der Waals surface area contributed by atoms with Crippen molar-refractivity contribution in [2.75, 3.05) is 11.4 Å². The minimum Gasteiger partial charge on any atom is -0.308 e. The molecule has 2 nitrogen and oxygen atoms in total. The quantitative estimate of drug-likeness (QED) is 0.688. The molecule has 0 heterocycles. The van der Waals surface area contributed by atoms with Crippen LogP contribution in [0, 0.1) is 5.82 Å². The molecule has 0 radical (unpaired) electrons. The first kappa shape index (κ1) is 14.3. The summed E-state index contributed by atoms with van der Waals surface area (Å²) in [4.78, 5) is 14.4. The van der Waals surface area contributed by atoms with Crippen LogP contribution in [0.1, 0.15) is 17.3 Å². The van der Waals surface area contributed by atoms with Crippen LogP contribution >= 0.6 is 0 Å². The van der Waals surface area contributed by atoms with E-state index in [0.717, 1.165) is 16.5 Å². The molecular formula is C19H16FNO. The molecular weight excluding hydrogens is 277 g/mol. The number of rotatable bonds is 3. The van der Waals surface area contributed by atoms with Gasteiger partial charge in [0.1, 0.15) is 5.82 Å². The molecule has 0 fully saturated rings. The highest BCUT2D eigenvalue weighted by Gasteiger charge is 2.18. The zero-order valence-corrected chi connectivity index (χ0v) is 12.3. The van der Waals surface area contributed by atoms with Crippen molar-refractivity contribution >= 4 is 22.4 Å². The average Bonchev–Trinajstić information content (AvgIpc) is 2.55. The van der Waals surface area contributed by atoms with E-state index in [-0.39, 0.29) is 5.91 Å². The minimum absolute atomic E-state index is 0.196. The van der Waals surface area contributed by atoms with Gasteiger partial charge < -0.3 is 4.90 Å².